The molecule has 0 fully saturated rings. The fourth-order valence-electron chi connectivity index (χ4n) is 3.91. The van der Waals surface area contributed by atoms with E-state index in [1.54, 1.807) is 0 Å². The molecule has 0 spiro atoms. The summed E-state index contributed by atoms with van der Waals surface area (Å²) in [6.07, 6.45) is 10.0. The van der Waals surface area contributed by atoms with E-state index in [9.17, 15) is 9.59 Å². The van der Waals surface area contributed by atoms with Gasteiger partial charge in [-0.3, -0.25) is 0 Å². The zero-order chi connectivity index (χ0) is 25.1. The van der Waals surface area contributed by atoms with Crippen LogP contribution < -0.4 is 10.6 Å². The van der Waals surface area contributed by atoms with E-state index in [-0.39, 0.29) is 17.6 Å². The van der Waals surface area contributed by atoms with Crippen LogP contribution >= 0.6 is 0 Å². The van der Waals surface area contributed by atoms with Gasteiger partial charge in [-0.15, -0.1) is 0 Å². The number of ether oxygens (including phenoxy) is 2. The normalized spacial score (nSPS) is 14.3. The topological polar surface area (TPSA) is 76.7 Å². The van der Waals surface area contributed by atoms with E-state index >= 15 is 0 Å². The highest BCUT2D eigenvalue weighted by atomic mass is 16.6. The van der Waals surface area contributed by atoms with E-state index in [1.807, 2.05) is 0 Å². The minimum atomic E-state index is -0.323. The van der Waals surface area contributed by atoms with Crippen molar-refractivity contribution in [3.63, 3.8) is 0 Å². The lowest BCUT2D eigenvalue weighted by molar-refractivity contribution is 0.137. The molecule has 0 rings (SSSR count). The summed E-state index contributed by atoms with van der Waals surface area (Å²) < 4.78 is 10.6. The number of nitrogens with one attached hydrogen (secondary N) is 2. The molecule has 33 heavy (non-hydrogen) atoms. The summed E-state index contributed by atoms with van der Waals surface area (Å²) in [5.74, 6) is 1.82. The Bertz CT molecular complexity index is 510. The maximum absolute atomic E-state index is 11.9. The largest absolute Gasteiger partial charge is 0.450 e. The summed E-state index contributed by atoms with van der Waals surface area (Å²) in [4.78, 5) is 23.8. The van der Waals surface area contributed by atoms with Gasteiger partial charge in [0.05, 0.1) is 13.2 Å². The van der Waals surface area contributed by atoms with Gasteiger partial charge in [-0.25, -0.2) is 9.59 Å². The van der Waals surface area contributed by atoms with Crippen molar-refractivity contribution in [3.8, 4) is 0 Å². The molecule has 3 atom stereocenters. The van der Waals surface area contributed by atoms with Crippen LogP contribution in [0.3, 0.4) is 0 Å². The zero-order valence-electron chi connectivity index (χ0n) is 22.8. The van der Waals surface area contributed by atoms with Crippen LogP contribution in [-0.4, -0.2) is 38.5 Å². The number of rotatable bonds is 19. The second kappa shape index (κ2) is 18.9. The summed E-state index contributed by atoms with van der Waals surface area (Å²) >= 11 is 0. The highest BCUT2D eigenvalue weighted by molar-refractivity contribution is 5.67. The Hall–Kier alpha value is -1.46. The first-order chi connectivity index (χ1) is 15.6. The van der Waals surface area contributed by atoms with E-state index in [0.29, 0.717) is 32.2 Å². The zero-order valence-corrected chi connectivity index (χ0v) is 22.8. The second-order valence-corrected chi connectivity index (χ2v) is 10.8. The molecule has 0 aliphatic heterocycles. The van der Waals surface area contributed by atoms with Crippen LogP contribution in [0.1, 0.15) is 113 Å². The molecule has 0 aliphatic carbocycles. The first-order valence-corrected chi connectivity index (χ1v) is 13.4. The quantitative estimate of drug-likeness (QED) is 0.194. The lowest BCUT2D eigenvalue weighted by Gasteiger charge is -2.28. The van der Waals surface area contributed by atoms with Gasteiger partial charge in [0.25, 0.3) is 0 Å². The number of unbranched alkanes of at least 4 members (excludes halogenated alkanes) is 2. The van der Waals surface area contributed by atoms with Crippen molar-refractivity contribution in [3.05, 3.63) is 0 Å². The summed E-state index contributed by atoms with van der Waals surface area (Å²) in [7, 11) is 0. The number of alkyl carbamates (subject to hydrolysis) is 2. The Balaban J connectivity index is 3.84. The Morgan fingerprint density at radius 2 is 1.24 bits per heavy atom. The van der Waals surface area contributed by atoms with Crippen molar-refractivity contribution in [2.24, 2.45) is 23.2 Å². The number of amides is 2. The molecule has 6 nitrogen and oxygen atoms in total. The monoisotopic (exact) mass is 470 g/mol. The second-order valence-electron chi connectivity index (χ2n) is 10.8. The molecule has 196 valence electrons. The minimum absolute atomic E-state index is 0.0601. The minimum Gasteiger partial charge on any atom is -0.450 e. The van der Waals surface area contributed by atoms with Crippen molar-refractivity contribution in [1.29, 1.82) is 0 Å². The van der Waals surface area contributed by atoms with Crippen molar-refractivity contribution in [1.82, 2.24) is 10.6 Å². The lowest BCUT2D eigenvalue weighted by atomic mass is 9.80. The number of carbonyl (C=O) groups excluding carboxylic acids is 2. The Morgan fingerprint density at radius 1 is 0.758 bits per heavy atom. The molecule has 0 bridgehead atoms. The molecular weight excluding hydrogens is 416 g/mol. The average Bonchev–Trinajstić information content (AvgIpc) is 2.76. The van der Waals surface area contributed by atoms with Crippen molar-refractivity contribution in [2.45, 2.75) is 113 Å². The Morgan fingerprint density at radius 3 is 1.73 bits per heavy atom. The fourth-order valence-corrected chi connectivity index (χ4v) is 3.91. The molecule has 0 radical (unpaired) electrons. The highest BCUT2D eigenvalue weighted by Crippen LogP contribution is 2.28. The lowest BCUT2D eigenvalue weighted by Crippen LogP contribution is -2.33. The van der Waals surface area contributed by atoms with Gasteiger partial charge in [0.2, 0.25) is 0 Å². The van der Waals surface area contributed by atoms with Gasteiger partial charge >= 0.3 is 12.2 Å². The Labute approximate surface area is 204 Å². The standard InChI is InChI=1S/C27H54N2O4/c1-8-22(3)14-10-12-18-32-25(30)28-17-16-27(6,7)20-24(5)21-29-26(31)33-19-13-11-15-23(4)9-2/h22-24H,8-21H2,1-7H3,(H,28,30)(H,29,31). The van der Waals surface area contributed by atoms with Crippen LogP contribution in [0.2, 0.25) is 0 Å². The summed E-state index contributed by atoms with van der Waals surface area (Å²) in [5.41, 5.74) is 0.0601. The van der Waals surface area contributed by atoms with Crippen LogP contribution in [0.4, 0.5) is 9.59 Å². The van der Waals surface area contributed by atoms with Gasteiger partial charge in [0.1, 0.15) is 0 Å². The third-order valence-electron chi connectivity index (χ3n) is 6.61. The molecule has 2 amide bonds. The van der Waals surface area contributed by atoms with E-state index < -0.39 is 0 Å². The predicted octanol–water partition coefficient (Wildman–Crippen LogP) is 7.31. The van der Waals surface area contributed by atoms with E-state index in [4.69, 9.17) is 9.47 Å². The van der Waals surface area contributed by atoms with Gasteiger partial charge < -0.3 is 20.1 Å². The SMILES string of the molecule is CCC(C)CCCCOC(=O)NCCC(C)(C)CC(C)CNC(=O)OCCCCC(C)CC. The third-order valence-corrected chi connectivity index (χ3v) is 6.61. The summed E-state index contributed by atoms with van der Waals surface area (Å²) in [6, 6.07) is 0. The average molecular weight is 471 g/mol. The molecule has 6 heteroatoms. The van der Waals surface area contributed by atoms with Crippen molar-refractivity contribution >= 4 is 12.2 Å². The van der Waals surface area contributed by atoms with E-state index in [1.165, 1.54) is 25.7 Å². The van der Waals surface area contributed by atoms with Crippen LogP contribution in [0.25, 0.3) is 0 Å². The first-order valence-electron chi connectivity index (χ1n) is 13.4. The van der Waals surface area contributed by atoms with Crippen LogP contribution in [-0.2, 0) is 9.47 Å². The molecule has 2 N–H and O–H groups in total. The Kier molecular flexibility index (Phi) is 18.1. The van der Waals surface area contributed by atoms with Crippen LogP contribution in [0, 0.1) is 23.2 Å². The maximum atomic E-state index is 11.9. The van der Waals surface area contributed by atoms with Gasteiger partial charge in [0.15, 0.2) is 0 Å². The first kappa shape index (κ1) is 31.5. The number of hydrogen-bond donors (Lipinski definition) is 2. The van der Waals surface area contributed by atoms with E-state index in [0.717, 1.165) is 50.4 Å². The smallest absolute Gasteiger partial charge is 0.407 e. The molecular formula is C27H54N2O4. The molecule has 0 heterocycles. The van der Waals surface area contributed by atoms with Crippen LogP contribution in [0.15, 0.2) is 0 Å². The fraction of sp³-hybridized carbons (Fsp3) is 0.926. The van der Waals surface area contributed by atoms with Crippen LogP contribution in [0.5, 0.6) is 0 Å². The summed E-state index contributed by atoms with van der Waals surface area (Å²) in [6.45, 7) is 17.6. The van der Waals surface area contributed by atoms with Crippen molar-refractivity contribution < 1.29 is 19.1 Å². The molecule has 0 aromatic heterocycles. The molecule has 0 aromatic rings. The maximum Gasteiger partial charge on any atom is 0.407 e. The van der Waals surface area contributed by atoms with E-state index in [2.05, 4.69) is 59.1 Å². The highest BCUT2D eigenvalue weighted by Gasteiger charge is 2.22. The van der Waals surface area contributed by atoms with Gasteiger partial charge in [-0.1, -0.05) is 74.1 Å². The number of hydrogen-bond acceptors (Lipinski definition) is 4. The van der Waals surface area contributed by atoms with Crippen molar-refractivity contribution in [2.75, 3.05) is 26.3 Å². The molecule has 0 aliphatic rings. The third kappa shape index (κ3) is 19.7. The van der Waals surface area contributed by atoms with Gasteiger partial charge in [-0.2, -0.15) is 0 Å². The van der Waals surface area contributed by atoms with Gasteiger partial charge in [-0.05, 0) is 61.7 Å². The molecule has 0 saturated heterocycles. The molecule has 0 saturated carbocycles. The molecule has 0 aromatic carbocycles. The van der Waals surface area contributed by atoms with Gasteiger partial charge in [0, 0.05) is 13.1 Å². The summed E-state index contributed by atoms with van der Waals surface area (Å²) in [5, 5.41) is 5.75. The predicted molar refractivity (Wildman–Crippen MR) is 137 cm³/mol. The molecule has 3 unspecified atom stereocenters. The number of carbonyl (C=O) groups is 2.